The molecule has 0 aliphatic rings. The molecule has 0 atom stereocenters. The van der Waals surface area contributed by atoms with Crippen LogP contribution in [0.15, 0.2) is 12.2 Å². The van der Waals surface area contributed by atoms with Gasteiger partial charge in [-0.3, -0.25) is 0 Å². The first kappa shape index (κ1) is 23.9. The van der Waals surface area contributed by atoms with E-state index in [1.807, 2.05) is 0 Å². The molecule has 0 saturated heterocycles. The number of quaternary nitrogens is 1. The monoisotopic (exact) mass is 329 g/mol. The van der Waals surface area contributed by atoms with Crippen molar-refractivity contribution in [3.8, 4) is 0 Å². The minimum atomic E-state index is -1.51. The molecule has 0 unspecified atom stereocenters. The predicted molar refractivity (Wildman–Crippen MR) is 91.9 cm³/mol. The van der Waals surface area contributed by atoms with E-state index in [4.69, 9.17) is 5.11 Å². The van der Waals surface area contributed by atoms with Crippen molar-refractivity contribution in [2.24, 2.45) is 0 Å². The smallest absolute Gasteiger partial charge is 0.328 e. The van der Waals surface area contributed by atoms with E-state index in [2.05, 4.69) is 27.7 Å². The number of hydrogen-bond donors (Lipinski definition) is 1. The minimum absolute atomic E-state index is 0.447. The lowest BCUT2D eigenvalue weighted by molar-refractivity contribution is -0.927. The molecule has 0 amide bonds. The molecule has 0 saturated carbocycles. The van der Waals surface area contributed by atoms with Gasteiger partial charge in [0.15, 0.2) is 0 Å². The van der Waals surface area contributed by atoms with Crippen LogP contribution >= 0.6 is 0 Å². The van der Waals surface area contributed by atoms with Gasteiger partial charge in [0.1, 0.15) is 0 Å². The second kappa shape index (κ2) is 15.5. The Bertz CT molecular complexity index is 302. The third-order valence-corrected chi connectivity index (χ3v) is 3.99. The highest BCUT2D eigenvalue weighted by molar-refractivity contribution is 5.88. The van der Waals surface area contributed by atoms with Gasteiger partial charge >= 0.3 is 5.97 Å². The maximum absolute atomic E-state index is 9.53. The van der Waals surface area contributed by atoms with Crippen molar-refractivity contribution in [2.75, 3.05) is 26.2 Å². The Morgan fingerprint density at radius 1 is 0.870 bits per heavy atom. The molecule has 0 radical (unpaired) electrons. The molecule has 0 rings (SSSR count). The summed E-state index contributed by atoms with van der Waals surface area (Å²) >= 11 is 0. The van der Waals surface area contributed by atoms with E-state index in [-0.39, 0.29) is 0 Å². The highest BCUT2D eigenvalue weighted by atomic mass is 16.4. The molecule has 5 heteroatoms. The molecule has 0 aliphatic carbocycles. The fourth-order valence-electron chi connectivity index (χ4n) is 2.43. The molecule has 23 heavy (non-hydrogen) atoms. The van der Waals surface area contributed by atoms with Gasteiger partial charge in [-0.1, -0.05) is 40.0 Å². The first-order chi connectivity index (χ1) is 10.9. The number of hydrogen-bond acceptors (Lipinski definition) is 3. The zero-order valence-corrected chi connectivity index (χ0v) is 15.3. The van der Waals surface area contributed by atoms with Crippen LogP contribution in [0.5, 0.6) is 0 Å². The molecule has 0 aromatic rings. The van der Waals surface area contributed by atoms with Crippen LogP contribution in [0.2, 0.25) is 0 Å². The number of aliphatic carboxylic acids is 2. The summed E-state index contributed by atoms with van der Waals surface area (Å²) in [6.45, 7) is 14.9. The van der Waals surface area contributed by atoms with E-state index >= 15 is 0 Å². The van der Waals surface area contributed by atoms with Crippen LogP contribution in [-0.4, -0.2) is 47.7 Å². The maximum Gasteiger partial charge on any atom is 0.328 e. The summed E-state index contributed by atoms with van der Waals surface area (Å²) in [5.41, 5.74) is 0. The van der Waals surface area contributed by atoms with Gasteiger partial charge < -0.3 is 19.5 Å². The molecule has 0 aliphatic heterocycles. The number of unbranched alkanes of at least 4 members (excludes halogenated alkanes) is 3. The normalized spacial score (nSPS) is 11.1. The van der Waals surface area contributed by atoms with E-state index in [1.165, 1.54) is 69.2 Å². The molecule has 0 aromatic heterocycles. The SMILES string of the molecule is CCCC[N+](CC)(CCCC)CCCC.O=C([O-])/C=C/C(=O)O. The summed E-state index contributed by atoms with van der Waals surface area (Å²) in [6, 6.07) is 0. The first-order valence-electron chi connectivity index (χ1n) is 8.84. The van der Waals surface area contributed by atoms with Gasteiger partial charge in [0.2, 0.25) is 0 Å². The van der Waals surface area contributed by atoms with E-state index in [9.17, 15) is 14.7 Å². The molecule has 0 aromatic carbocycles. The van der Waals surface area contributed by atoms with Crippen molar-refractivity contribution >= 4 is 11.9 Å². The zero-order chi connectivity index (χ0) is 18.1. The van der Waals surface area contributed by atoms with Crippen molar-refractivity contribution in [1.82, 2.24) is 0 Å². The van der Waals surface area contributed by atoms with Crippen molar-refractivity contribution in [3.63, 3.8) is 0 Å². The Morgan fingerprint density at radius 2 is 1.26 bits per heavy atom. The quantitative estimate of drug-likeness (QED) is 0.441. The van der Waals surface area contributed by atoms with E-state index < -0.39 is 11.9 Å². The lowest BCUT2D eigenvalue weighted by Crippen LogP contribution is -2.49. The van der Waals surface area contributed by atoms with Gasteiger partial charge in [-0.25, -0.2) is 4.79 Å². The molecule has 1 N–H and O–H groups in total. The Balaban J connectivity index is 0. The van der Waals surface area contributed by atoms with Crippen LogP contribution in [-0.2, 0) is 9.59 Å². The second-order valence-corrected chi connectivity index (χ2v) is 5.88. The summed E-state index contributed by atoms with van der Waals surface area (Å²) in [6.07, 6.45) is 9.19. The van der Waals surface area contributed by atoms with Crippen LogP contribution in [0, 0.1) is 0 Å². The molecular formula is C18H35NO4. The number of carbonyl (C=O) groups excluding carboxylic acids is 1. The number of carbonyl (C=O) groups is 2. The Kier molecular flexibility index (Phi) is 16.1. The van der Waals surface area contributed by atoms with E-state index in [1.54, 1.807) is 0 Å². The fraction of sp³-hybridized carbons (Fsp3) is 0.778. The summed E-state index contributed by atoms with van der Waals surface area (Å²) in [5.74, 6) is -2.80. The Morgan fingerprint density at radius 3 is 1.43 bits per heavy atom. The number of nitrogens with zero attached hydrogens (tertiary/aromatic N) is 1. The molecule has 0 bridgehead atoms. The highest BCUT2D eigenvalue weighted by Gasteiger charge is 2.22. The Labute approximate surface area is 141 Å². The van der Waals surface area contributed by atoms with Gasteiger partial charge in [-0.05, 0) is 32.3 Å². The van der Waals surface area contributed by atoms with Gasteiger partial charge in [0, 0.05) is 6.08 Å². The summed E-state index contributed by atoms with van der Waals surface area (Å²) in [7, 11) is 0. The molecule has 0 heterocycles. The minimum Gasteiger partial charge on any atom is -0.545 e. The van der Waals surface area contributed by atoms with Crippen LogP contribution in [0.1, 0.15) is 66.2 Å². The topological polar surface area (TPSA) is 77.4 Å². The number of rotatable bonds is 12. The van der Waals surface area contributed by atoms with Crippen molar-refractivity contribution in [1.29, 1.82) is 0 Å². The molecule has 136 valence electrons. The third-order valence-electron chi connectivity index (χ3n) is 3.99. The summed E-state index contributed by atoms with van der Waals surface area (Å²) in [4.78, 5) is 19.0. The van der Waals surface area contributed by atoms with E-state index in [0.29, 0.717) is 12.2 Å². The molecule has 0 fully saturated rings. The molecule has 0 spiro atoms. The summed E-state index contributed by atoms with van der Waals surface area (Å²) < 4.78 is 1.38. The predicted octanol–water partition coefficient (Wildman–Crippen LogP) is 2.60. The Hall–Kier alpha value is -1.36. The van der Waals surface area contributed by atoms with Crippen LogP contribution in [0.4, 0.5) is 0 Å². The van der Waals surface area contributed by atoms with Gasteiger partial charge in [-0.2, -0.15) is 0 Å². The van der Waals surface area contributed by atoms with Crippen LogP contribution < -0.4 is 5.11 Å². The van der Waals surface area contributed by atoms with Gasteiger partial charge in [-0.15, -0.1) is 0 Å². The van der Waals surface area contributed by atoms with Crippen LogP contribution in [0.25, 0.3) is 0 Å². The van der Waals surface area contributed by atoms with Crippen molar-refractivity contribution in [2.45, 2.75) is 66.2 Å². The number of carboxylic acids is 2. The fourth-order valence-corrected chi connectivity index (χ4v) is 2.43. The maximum atomic E-state index is 9.53. The zero-order valence-electron chi connectivity index (χ0n) is 15.3. The average molecular weight is 329 g/mol. The standard InChI is InChI=1S/C14H32N.C4H4O4/c1-5-9-12-15(8-4,13-10-6-2)14-11-7-3;5-3(6)1-2-4(7)8/h5-14H2,1-4H3;1-2H,(H,5,6)(H,7,8)/q+1;/p-1/b;2-1+. The van der Waals surface area contributed by atoms with E-state index in [0.717, 1.165) is 0 Å². The first-order valence-corrected chi connectivity index (χ1v) is 8.84. The summed E-state index contributed by atoms with van der Waals surface area (Å²) in [5, 5.41) is 17.2. The lowest BCUT2D eigenvalue weighted by Gasteiger charge is -2.38. The average Bonchev–Trinajstić information content (AvgIpc) is 2.53. The molecule has 5 nitrogen and oxygen atoms in total. The van der Waals surface area contributed by atoms with Crippen LogP contribution in [0.3, 0.4) is 0 Å². The van der Waals surface area contributed by atoms with Gasteiger partial charge in [0.25, 0.3) is 0 Å². The van der Waals surface area contributed by atoms with Crippen molar-refractivity contribution < 1.29 is 24.3 Å². The molecular weight excluding hydrogens is 294 g/mol. The third kappa shape index (κ3) is 15.3. The van der Waals surface area contributed by atoms with Crippen molar-refractivity contribution in [3.05, 3.63) is 12.2 Å². The largest absolute Gasteiger partial charge is 0.545 e. The van der Waals surface area contributed by atoms with Gasteiger partial charge in [0.05, 0.1) is 32.1 Å². The highest BCUT2D eigenvalue weighted by Crippen LogP contribution is 2.14. The second-order valence-electron chi connectivity index (χ2n) is 5.88. The number of carboxylic acid groups (broad SMARTS) is 2. The lowest BCUT2D eigenvalue weighted by atomic mass is 10.1.